The number of fused-ring (bicyclic) bond motifs is 1. The summed E-state index contributed by atoms with van der Waals surface area (Å²) in [6.07, 6.45) is 5.01. The molecule has 82 valence electrons. The summed E-state index contributed by atoms with van der Waals surface area (Å²) < 4.78 is 0. The smallest absolute Gasteiger partial charge is 0.226 e. The van der Waals surface area contributed by atoms with Crippen molar-refractivity contribution >= 4 is 28.7 Å². The number of aromatic nitrogens is 4. The Balaban J connectivity index is 1.97. The molecular weight excluding hydrogens is 222 g/mol. The van der Waals surface area contributed by atoms with Gasteiger partial charge >= 0.3 is 0 Å². The first-order valence-corrected chi connectivity index (χ1v) is 6.34. The second kappa shape index (κ2) is 4.21. The molecule has 2 aromatic heterocycles. The van der Waals surface area contributed by atoms with Gasteiger partial charge in [-0.2, -0.15) is 11.8 Å². The zero-order valence-electron chi connectivity index (χ0n) is 8.70. The van der Waals surface area contributed by atoms with E-state index in [9.17, 15) is 0 Å². The van der Waals surface area contributed by atoms with Crippen LogP contribution in [0.4, 0.5) is 5.95 Å². The molecule has 2 aromatic rings. The first kappa shape index (κ1) is 9.77. The largest absolute Gasteiger partial charge is 0.339 e. The quantitative estimate of drug-likeness (QED) is 0.731. The van der Waals surface area contributed by atoms with E-state index in [4.69, 9.17) is 0 Å². The van der Waals surface area contributed by atoms with Crippen molar-refractivity contribution < 1.29 is 0 Å². The van der Waals surface area contributed by atoms with Gasteiger partial charge in [-0.1, -0.05) is 0 Å². The summed E-state index contributed by atoms with van der Waals surface area (Å²) >= 11 is 1.98. The standard InChI is InChI=1S/C10H11N5S/c1-3-16-4-2-15(1)10-12-6-8-9(14-10)5-11-7-13-8/h5-7H,1-4H2. The minimum Gasteiger partial charge on any atom is -0.339 e. The van der Waals surface area contributed by atoms with Crippen LogP contribution in [0.5, 0.6) is 0 Å². The Morgan fingerprint density at radius 3 is 2.81 bits per heavy atom. The molecular formula is C10H11N5S. The van der Waals surface area contributed by atoms with Crippen LogP contribution in [-0.4, -0.2) is 44.5 Å². The van der Waals surface area contributed by atoms with Crippen molar-refractivity contribution in [2.24, 2.45) is 0 Å². The van der Waals surface area contributed by atoms with Crippen molar-refractivity contribution in [3.05, 3.63) is 18.7 Å². The minimum absolute atomic E-state index is 0.794. The van der Waals surface area contributed by atoms with Gasteiger partial charge in [0.15, 0.2) is 0 Å². The second-order valence-corrected chi connectivity index (χ2v) is 4.79. The van der Waals surface area contributed by atoms with E-state index >= 15 is 0 Å². The highest BCUT2D eigenvalue weighted by Gasteiger charge is 2.13. The summed E-state index contributed by atoms with van der Waals surface area (Å²) in [5, 5.41) is 0. The Labute approximate surface area is 97.3 Å². The van der Waals surface area contributed by atoms with Gasteiger partial charge in [-0.15, -0.1) is 0 Å². The highest BCUT2D eigenvalue weighted by atomic mass is 32.2. The molecule has 1 aliphatic rings. The predicted molar refractivity (Wildman–Crippen MR) is 64.7 cm³/mol. The minimum atomic E-state index is 0.794. The Morgan fingerprint density at radius 2 is 1.94 bits per heavy atom. The Bertz CT molecular complexity index is 497. The van der Waals surface area contributed by atoms with Gasteiger partial charge in [-0.05, 0) is 0 Å². The summed E-state index contributed by atoms with van der Waals surface area (Å²) in [5.41, 5.74) is 1.61. The molecule has 0 atom stereocenters. The van der Waals surface area contributed by atoms with Crippen LogP contribution >= 0.6 is 11.8 Å². The van der Waals surface area contributed by atoms with Crippen molar-refractivity contribution in [3.63, 3.8) is 0 Å². The average Bonchev–Trinajstić information content (AvgIpc) is 2.39. The van der Waals surface area contributed by atoms with Crippen LogP contribution in [0, 0.1) is 0 Å². The number of hydrogen-bond donors (Lipinski definition) is 0. The zero-order chi connectivity index (χ0) is 10.8. The van der Waals surface area contributed by atoms with E-state index in [2.05, 4.69) is 24.8 Å². The molecule has 6 heteroatoms. The number of rotatable bonds is 1. The van der Waals surface area contributed by atoms with E-state index in [0.717, 1.165) is 41.6 Å². The molecule has 0 radical (unpaired) electrons. The fourth-order valence-electron chi connectivity index (χ4n) is 1.69. The fourth-order valence-corrected chi connectivity index (χ4v) is 2.59. The number of hydrogen-bond acceptors (Lipinski definition) is 6. The third-order valence-electron chi connectivity index (χ3n) is 2.54. The van der Waals surface area contributed by atoms with E-state index in [0.29, 0.717) is 0 Å². The summed E-state index contributed by atoms with van der Waals surface area (Å²) in [6.45, 7) is 2.04. The highest BCUT2D eigenvalue weighted by Crippen LogP contribution is 2.16. The van der Waals surface area contributed by atoms with Gasteiger partial charge < -0.3 is 4.90 Å². The van der Waals surface area contributed by atoms with Gasteiger partial charge in [-0.3, -0.25) is 0 Å². The Kier molecular flexibility index (Phi) is 2.57. The van der Waals surface area contributed by atoms with Crippen LogP contribution < -0.4 is 4.90 Å². The van der Waals surface area contributed by atoms with E-state index in [1.807, 2.05) is 11.8 Å². The third kappa shape index (κ3) is 1.80. The lowest BCUT2D eigenvalue weighted by atomic mass is 10.4. The number of nitrogens with zero attached hydrogens (tertiary/aromatic N) is 5. The molecule has 5 nitrogen and oxygen atoms in total. The molecule has 3 heterocycles. The number of thioether (sulfide) groups is 1. The summed E-state index contributed by atoms with van der Waals surface area (Å²) in [5.74, 6) is 3.09. The summed E-state index contributed by atoms with van der Waals surface area (Å²) in [6, 6.07) is 0. The van der Waals surface area contributed by atoms with E-state index in [1.165, 1.54) is 6.33 Å². The molecule has 0 amide bonds. The molecule has 1 fully saturated rings. The maximum absolute atomic E-state index is 4.48. The van der Waals surface area contributed by atoms with Crippen molar-refractivity contribution in [3.8, 4) is 0 Å². The fraction of sp³-hybridized carbons (Fsp3) is 0.400. The van der Waals surface area contributed by atoms with Gasteiger partial charge in [-0.25, -0.2) is 19.9 Å². The van der Waals surface area contributed by atoms with E-state index in [-0.39, 0.29) is 0 Å². The SMILES string of the molecule is c1ncc2nc(N3CCSCC3)ncc2n1. The molecule has 0 bridgehead atoms. The molecule has 0 N–H and O–H groups in total. The summed E-state index contributed by atoms with van der Waals surface area (Å²) in [4.78, 5) is 19.1. The van der Waals surface area contributed by atoms with E-state index in [1.54, 1.807) is 12.4 Å². The lowest BCUT2D eigenvalue weighted by molar-refractivity contribution is 0.819. The lowest BCUT2D eigenvalue weighted by Gasteiger charge is -2.26. The molecule has 16 heavy (non-hydrogen) atoms. The second-order valence-electron chi connectivity index (χ2n) is 3.56. The van der Waals surface area contributed by atoms with Crippen LogP contribution in [0.25, 0.3) is 11.0 Å². The molecule has 0 aliphatic carbocycles. The molecule has 3 rings (SSSR count). The van der Waals surface area contributed by atoms with Gasteiger partial charge in [0.25, 0.3) is 0 Å². The highest BCUT2D eigenvalue weighted by molar-refractivity contribution is 7.99. The average molecular weight is 233 g/mol. The van der Waals surface area contributed by atoms with Crippen LogP contribution in [0.3, 0.4) is 0 Å². The first-order chi connectivity index (χ1) is 7.93. The molecule has 1 aliphatic heterocycles. The maximum atomic E-state index is 4.48. The topological polar surface area (TPSA) is 54.8 Å². The maximum Gasteiger partial charge on any atom is 0.226 e. The zero-order valence-corrected chi connectivity index (χ0v) is 9.52. The molecule has 0 aromatic carbocycles. The van der Waals surface area contributed by atoms with Crippen LogP contribution in [-0.2, 0) is 0 Å². The number of anilines is 1. The monoisotopic (exact) mass is 233 g/mol. The first-order valence-electron chi connectivity index (χ1n) is 5.19. The molecule has 0 unspecified atom stereocenters. The van der Waals surface area contributed by atoms with Crippen molar-refractivity contribution in [2.75, 3.05) is 29.5 Å². The van der Waals surface area contributed by atoms with Gasteiger partial charge in [0.2, 0.25) is 5.95 Å². The van der Waals surface area contributed by atoms with Crippen molar-refractivity contribution in [1.29, 1.82) is 0 Å². The van der Waals surface area contributed by atoms with Gasteiger partial charge in [0.1, 0.15) is 17.4 Å². The lowest BCUT2D eigenvalue weighted by Crippen LogP contribution is -2.33. The van der Waals surface area contributed by atoms with Crippen LogP contribution in [0.2, 0.25) is 0 Å². The molecule has 0 saturated carbocycles. The molecule has 1 saturated heterocycles. The summed E-state index contributed by atoms with van der Waals surface area (Å²) in [7, 11) is 0. The van der Waals surface area contributed by atoms with Crippen molar-refractivity contribution in [1.82, 2.24) is 19.9 Å². The Morgan fingerprint density at radius 1 is 1.06 bits per heavy atom. The Hall–Kier alpha value is -1.43. The van der Waals surface area contributed by atoms with Crippen LogP contribution in [0.1, 0.15) is 0 Å². The van der Waals surface area contributed by atoms with Gasteiger partial charge in [0, 0.05) is 24.6 Å². The third-order valence-corrected chi connectivity index (χ3v) is 3.48. The van der Waals surface area contributed by atoms with E-state index < -0.39 is 0 Å². The predicted octanol–water partition coefficient (Wildman–Crippen LogP) is 0.973. The van der Waals surface area contributed by atoms with Crippen molar-refractivity contribution in [2.45, 2.75) is 0 Å². The van der Waals surface area contributed by atoms with Crippen LogP contribution in [0.15, 0.2) is 18.7 Å². The molecule has 0 spiro atoms. The van der Waals surface area contributed by atoms with Gasteiger partial charge in [0.05, 0.1) is 12.4 Å². The normalized spacial score (nSPS) is 16.6.